The molecular weight excluding hydrogens is 1570 g/mol. The maximum Gasteiger partial charge on any atom is 0.222 e. The Morgan fingerprint density at radius 1 is 0.308 bits per heavy atom. The number of para-hydroxylation sites is 1. The van der Waals surface area contributed by atoms with Gasteiger partial charge >= 0.3 is 0 Å². The second kappa shape index (κ2) is 31.9. The molecule has 1 unspecified atom stereocenters. The Kier molecular flexibility index (Phi) is 21.3. The predicted octanol–water partition coefficient (Wildman–Crippen LogP) is 34.1. The second-order valence-electron chi connectivity index (χ2n) is 44.6. The average Bonchev–Trinajstić information content (AvgIpc) is 0.963. The molecule has 6 heteroatoms. The van der Waals surface area contributed by atoms with Crippen LogP contribution in [0, 0.1) is 0 Å². The van der Waals surface area contributed by atoms with Gasteiger partial charge in [-0.2, -0.15) is 0 Å². The van der Waals surface area contributed by atoms with E-state index in [0.29, 0.717) is 6.54 Å². The third-order valence-corrected chi connectivity index (χ3v) is 28.5. The van der Waals surface area contributed by atoms with Crippen LogP contribution in [0.2, 0.25) is 5.82 Å². The van der Waals surface area contributed by atoms with E-state index in [0.717, 1.165) is 112 Å². The Morgan fingerprint density at radius 2 is 0.692 bits per heavy atom. The third kappa shape index (κ3) is 15.4. The maximum atomic E-state index is 7.26. The smallest absolute Gasteiger partial charge is 0.222 e. The van der Waals surface area contributed by atoms with Gasteiger partial charge in [-0.05, 0) is 262 Å². The highest BCUT2D eigenvalue weighted by molar-refractivity contribution is 6.90. The third-order valence-electron chi connectivity index (χ3n) is 28.5. The van der Waals surface area contributed by atoms with Gasteiger partial charge in [0.2, 0.25) is 6.71 Å². The lowest BCUT2D eigenvalue weighted by molar-refractivity contribution is 0.556. The largest absolute Gasteiger partial charge is 0.455 e. The highest BCUT2D eigenvalue weighted by atomic mass is 16.3. The van der Waals surface area contributed by atoms with Crippen molar-refractivity contribution in [1.29, 1.82) is 0 Å². The van der Waals surface area contributed by atoms with Gasteiger partial charge in [0.25, 0.3) is 0 Å². The molecule has 130 heavy (non-hydrogen) atoms. The first-order chi connectivity index (χ1) is 61.7. The standard InChI is InChI=1S/C124H127BN4O/c1-25-126(115-95(79-40-30-26-31-41-79)72-91(123(19,20)21)73-96(115)80-42-32-27-33-43-80)111-66-85(84-64-99(83-50-52-86(53-51-83)118(4,5)6)117-104(65-84)94-48-38-39-49-113(94)130-117)67-112-114(111)125(77(2)78(3)127-106-60-54-87(119(7,8)9)68-100(106)101-69-88(120(10,11)12)55-61-107(101)127)105-59-58-93(128-108-62-56-89(121(13,14)15)70-102(108)103-71-90(122(16,17)18)57-63-109(103)128)76-110(105)129(112)116-97(81-44-34-28-35-45-81)74-92(124(22,23)24)75-98(116)82-46-36-29-37-47-82/h26-78H,25H2,1-24H3/t77-,78?/m0/s1. The first-order valence-electron chi connectivity index (χ1n) is 47.4. The normalized spacial score (nSPS) is 13.6. The summed E-state index contributed by atoms with van der Waals surface area (Å²) in [5.41, 5.74) is 37.4. The number of anilines is 5. The minimum absolute atomic E-state index is 0.0642. The Morgan fingerprint density at radius 3 is 1.13 bits per heavy atom. The molecule has 0 N–H and O–H groups in total. The van der Waals surface area contributed by atoms with Gasteiger partial charge in [-0.3, -0.25) is 0 Å². The maximum absolute atomic E-state index is 7.26. The zero-order valence-corrected chi connectivity index (χ0v) is 81.1. The molecule has 0 fully saturated rings. The Hall–Kier alpha value is -12.6. The van der Waals surface area contributed by atoms with E-state index >= 15 is 0 Å². The Bertz CT molecular complexity index is 7170. The molecule has 2 atom stereocenters. The molecule has 0 spiro atoms. The van der Waals surface area contributed by atoms with Gasteiger partial charge in [-0.1, -0.05) is 346 Å². The Balaban J connectivity index is 1.04. The van der Waals surface area contributed by atoms with Crippen molar-refractivity contribution in [2.24, 2.45) is 0 Å². The predicted molar refractivity (Wildman–Crippen MR) is 564 cm³/mol. The molecule has 0 saturated heterocycles. The summed E-state index contributed by atoms with van der Waals surface area (Å²) in [5.74, 6) is -0.121. The number of fused-ring (bicyclic) bond motifs is 11. The van der Waals surface area contributed by atoms with Crippen LogP contribution in [0.3, 0.4) is 0 Å². The summed E-state index contributed by atoms with van der Waals surface area (Å²) in [4.78, 5) is 5.58. The van der Waals surface area contributed by atoms with Gasteiger partial charge in [0.1, 0.15) is 11.2 Å². The number of furan rings is 1. The fourth-order valence-corrected chi connectivity index (χ4v) is 20.7. The molecule has 3 aromatic heterocycles. The van der Waals surface area contributed by atoms with E-state index in [9.17, 15) is 0 Å². The topological polar surface area (TPSA) is 29.5 Å². The van der Waals surface area contributed by atoms with E-state index in [2.05, 4.69) is 494 Å². The minimum Gasteiger partial charge on any atom is -0.455 e. The van der Waals surface area contributed by atoms with Crippen molar-refractivity contribution >= 4 is 112 Å². The molecule has 19 rings (SSSR count). The monoisotopic (exact) mass is 1700 g/mol. The lowest BCUT2D eigenvalue weighted by Gasteiger charge is -2.44. The molecule has 4 heterocycles. The zero-order chi connectivity index (χ0) is 91.5. The lowest BCUT2D eigenvalue weighted by Crippen LogP contribution is -2.55. The molecule has 5 nitrogen and oxygen atoms in total. The molecule has 0 bridgehead atoms. The van der Waals surface area contributed by atoms with E-state index < -0.39 is 0 Å². The number of hydrogen-bond acceptors (Lipinski definition) is 3. The molecule has 0 saturated carbocycles. The van der Waals surface area contributed by atoms with Crippen molar-refractivity contribution in [3.05, 3.63) is 348 Å². The van der Waals surface area contributed by atoms with Crippen LogP contribution in [0.25, 0.3) is 138 Å². The minimum atomic E-state index is -0.305. The van der Waals surface area contributed by atoms with Gasteiger partial charge in [-0.15, -0.1) is 0 Å². The zero-order valence-electron chi connectivity index (χ0n) is 81.1. The number of benzene rings is 15. The molecular formula is C124H127BN4O. The van der Waals surface area contributed by atoms with E-state index in [-0.39, 0.29) is 56.5 Å². The first kappa shape index (κ1) is 86.7. The lowest BCUT2D eigenvalue weighted by atomic mass is 9.31. The van der Waals surface area contributed by atoms with Crippen molar-refractivity contribution in [3.63, 3.8) is 0 Å². The van der Waals surface area contributed by atoms with Gasteiger partial charge < -0.3 is 23.4 Å². The number of nitrogens with zero attached hydrogens (tertiary/aromatic N) is 4. The van der Waals surface area contributed by atoms with Crippen LogP contribution in [0.4, 0.5) is 28.4 Å². The molecule has 15 aromatic carbocycles. The molecule has 0 radical (unpaired) electrons. The van der Waals surface area contributed by atoms with Crippen molar-refractivity contribution < 1.29 is 4.42 Å². The summed E-state index contributed by atoms with van der Waals surface area (Å²) in [6.07, 6.45) is 0. The van der Waals surface area contributed by atoms with Crippen LogP contribution in [-0.2, 0) is 37.9 Å². The fourth-order valence-electron chi connectivity index (χ4n) is 20.7. The highest BCUT2D eigenvalue weighted by Crippen LogP contribution is 2.56. The van der Waals surface area contributed by atoms with Crippen LogP contribution in [0.15, 0.2) is 314 Å². The Labute approximate surface area is 773 Å². The summed E-state index contributed by atoms with van der Waals surface area (Å²) >= 11 is 0. The quantitative estimate of drug-likeness (QED) is 0.102. The summed E-state index contributed by atoms with van der Waals surface area (Å²) in [7, 11) is 0. The first-order valence-corrected chi connectivity index (χ1v) is 47.4. The molecule has 1 aliphatic rings. The molecule has 0 aliphatic carbocycles. The van der Waals surface area contributed by atoms with Gasteiger partial charge in [0.05, 0.1) is 22.4 Å². The summed E-state index contributed by atoms with van der Waals surface area (Å²) < 4.78 is 12.6. The van der Waals surface area contributed by atoms with E-state index in [1.54, 1.807) is 0 Å². The fraction of sp³-hybridized carbons (Fsp3) is 0.274. The SMILES string of the molecule is CCN(c1cc(-c2cc(-c3ccc(C(C)(C)C)cc3)c3oc4ccccc4c3c2)cc2c1B([C@@H](C)C(C)n1c3ccc(C(C)(C)C)cc3c3cc(C(C)(C)C)ccc31)c1ccc(-n3c4ccc(C(C)(C)C)cc4c4cc(C(C)(C)C)ccc43)cc1N2c1c(-c2ccccc2)cc(C(C)(C)C)cc1-c1ccccc1)c1c(-c2ccccc2)cc(C(C)(C)C)cc1-c1ccccc1. The summed E-state index contributed by atoms with van der Waals surface area (Å²) in [6.45, 7) is 57.3. The molecule has 0 amide bonds. The molecule has 1 aliphatic heterocycles. The van der Waals surface area contributed by atoms with Gasteiger partial charge in [0.15, 0.2) is 0 Å². The number of hydrogen-bond donors (Lipinski definition) is 0. The van der Waals surface area contributed by atoms with Crippen LogP contribution in [-0.4, -0.2) is 22.4 Å². The summed E-state index contributed by atoms with van der Waals surface area (Å²) in [6, 6.07) is 121. The van der Waals surface area contributed by atoms with Crippen LogP contribution >= 0.6 is 0 Å². The van der Waals surface area contributed by atoms with Gasteiger partial charge in [-0.25, -0.2) is 0 Å². The van der Waals surface area contributed by atoms with E-state index in [4.69, 9.17) is 4.42 Å². The van der Waals surface area contributed by atoms with E-state index in [1.165, 1.54) is 105 Å². The number of aromatic nitrogens is 2. The molecule has 18 aromatic rings. The van der Waals surface area contributed by atoms with Crippen molar-refractivity contribution in [3.8, 4) is 72.4 Å². The summed E-state index contributed by atoms with van der Waals surface area (Å²) in [5, 5.41) is 7.23. The van der Waals surface area contributed by atoms with Crippen LogP contribution < -0.4 is 20.7 Å². The second-order valence-corrected chi connectivity index (χ2v) is 44.6. The van der Waals surface area contributed by atoms with Gasteiger partial charge in [0, 0.05) is 107 Å². The van der Waals surface area contributed by atoms with Crippen LogP contribution in [0.5, 0.6) is 0 Å². The average molecular weight is 1700 g/mol. The van der Waals surface area contributed by atoms with E-state index in [1.807, 2.05) is 0 Å². The molecule has 652 valence electrons. The van der Waals surface area contributed by atoms with Crippen molar-refractivity contribution in [2.75, 3.05) is 16.3 Å². The van der Waals surface area contributed by atoms with Crippen molar-refractivity contribution in [2.45, 2.75) is 216 Å². The highest BCUT2D eigenvalue weighted by Gasteiger charge is 2.46. The van der Waals surface area contributed by atoms with Crippen LogP contribution in [0.1, 0.15) is 211 Å². The number of rotatable bonds is 14. The van der Waals surface area contributed by atoms with Crippen molar-refractivity contribution in [1.82, 2.24) is 9.13 Å².